The summed E-state index contributed by atoms with van der Waals surface area (Å²) in [5.74, 6) is -3.06. The van der Waals surface area contributed by atoms with Crippen LogP contribution < -0.4 is 5.32 Å². The molecule has 0 spiro atoms. The molecule has 0 saturated carbocycles. The van der Waals surface area contributed by atoms with Crippen molar-refractivity contribution in [1.82, 2.24) is 4.90 Å². The summed E-state index contributed by atoms with van der Waals surface area (Å²) in [6.07, 6.45) is -0.243. The maximum absolute atomic E-state index is 13.0. The van der Waals surface area contributed by atoms with E-state index in [-0.39, 0.29) is 18.9 Å². The number of benzene rings is 1. The van der Waals surface area contributed by atoms with Crippen molar-refractivity contribution in [2.45, 2.75) is 12.3 Å². The molecule has 0 aliphatic carbocycles. The van der Waals surface area contributed by atoms with E-state index in [1.807, 2.05) is 0 Å². The number of carbonyl (C=O) groups excluding carboxylic acids is 1. The van der Waals surface area contributed by atoms with Crippen LogP contribution in [0.5, 0.6) is 0 Å². The van der Waals surface area contributed by atoms with Crippen LogP contribution in [0.4, 0.5) is 14.5 Å². The molecule has 0 aromatic heterocycles. The summed E-state index contributed by atoms with van der Waals surface area (Å²) in [6.45, 7) is -0.348. The number of halogens is 2. The summed E-state index contributed by atoms with van der Waals surface area (Å²) in [5, 5.41) is 2.93. The molecule has 1 aromatic rings. The lowest BCUT2D eigenvalue weighted by Crippen LogP contribution is -2.31. The summed E-state index contributed by atoms with van der Waals surface area (Å²) in [6, 6.07) is 6.79. The van der Waals surface area contributed by atoms with Crippen molar-refractivity contribution < 1.29 is 13.6 Å². The number of alkyl halides is 2. The Labute approximate surface area is 98.4 Å². The molecule has 92 valence electrons. The summed E-state index contributed by atoms with van der Waals surface area (Å²) in [4.78, 5) is 13.1. The average molecular weight is 240 g/mol. The van der Waals surface area contributed by atoms with Crippen LogP contribution in [0.15, 0.2) is 24.3 Å². The van der Waals surface area contributed by atoms with Crippen molar-refractivity contribution >= 4 is 11.6 Å². The highest BCUT2D eigenvalue weighted by molar-refractivity contribution is 5.94. The Kier molecular flexibility index (Phi) is 3.00. The molecule has 0 unspecified atom stereocenters. The largest absolute Gasteiger partial charge is 0.388 e. The predicted octanol–water partition coefficient (Wildman–Crippen LogP) is 2.21. The van der Waals surface area contributed by atoms with E-state index < -0.39 is 12.5 Å². The first kappa shape index (κ1) is 11.8. The van der Waals surface area contributed by atoms with E-state index in [4.69, 9.17) is 0 Å². The molecule has 1 aliphatic rings. The molecule has 1 saturated heterocycles. The standard InChI is InChI=1S/C12H14F2N2O/c1-15-10-4-2-9(3-5-10)11(17)16-7-6-12(13,14)8-16/h2-5,15H,6-8H2,1H3. The SMILES string of the molecule is CNc1ccc(C(=O)N2CCC(F)(F)C2)cc1. The van der Waals surface area contributed by atoms with Gasteiger partial charge in [0.1, 0.15) is 0 Å². The lowest BCUT2D eigenvalue weighted by molar-refractivity contribution is 0.0120. The zero-order chi connectivity index (χ0) is 12.5. The van der Waals surface area contributed by atoms with Gasteiger partial charge in [0.15, 0.2) is 0 Å². The van der Waals surface area contributed by atoms with Gasteiger partial charge in [0.05, 0.1) is 6.54 Å². The maximum Gasteiger partial charge on any atom is 0.267 e. The molecule has 1 aliphatic heterocycles. The third kappa shape index (κ3) is 2.54. The van der Waals surface area contributed by atoms with Crippen molar-refractivity contribution in [1.29, 1.82) is 0 Å². The van der Waals surface area contributed by atoms with Crippen LogP contribution in [0.3, 0.4) is 0 Å². The molecule has 1 aromatic carbocycles. The van der Waals surface area contributed by atoms with Crippen LogP contribution in [0.2, 0.25) is 0 Å². The summed E-state index contributed by atoms with van der Waals surface area (Å²) < 4.78 is 26.0. The van der Waals surface area contributed by atoms with Crippen molar-refractivity contribution in [3.8, 4) is 0 Å². The van der Waals surface area contributed by atoms with Gasteiger partial charge in [-0.25, -0.2) is 8.78 Å². The van der Waals surface area contributed by atoms with Gasteiger partial charge in [-0.2, -0.15) is 0 Å². The molecular formula is C12H14F2N2O. The maximum atomic E-state index is 13.0. The van der Waals surface area contributed by atoms with E-state index in [0.717, 1.165) is 5.69 Å². The quantitative estimate of drug-likeness (QED) is 0.859. The number of amides is 1. The number of anilines is 1. The van der Waals surface area contributed by atoms with Gasteiger partial charge in [-0.05, 0) is 24.3 Å². The molecular weight excluding hydrogens is 226 g/mol. The Hall–Kier alpha value is -1.65. The lowest BCUT2D eigenvalue weighted by atomic mass is 10.2. The molecule has 1 heterocycles. The van der Waals surface area contributed by atoms with Gasteiger partial charge in [0.25, 0.3) is 11.8 Å². The fourth-order valence-corrected chi connectivity index (χ4v) is 1.87. The minimum atomic E-state index is -2.74. The fourth-order valence-electron chi connectivity index (χ4n) is 1.87. The molecule has 1 fully saturated rings. The van der Waals surface area contributed by atoms with Crippen LogP contribution in [-0.2, 0) is 0 Å². The minimum Gasteiger partial charge on any atom is -0.388 e. The summed E-state index contributed by atoms with van der Waals surface area (Å²) in [7, 11) is 1.78. The second-order valence-electron chi connectivity index (χ2n) is 4.16. The molecule has 0 atom stereocenters. The number of hydrogen-bond acceptors (Lipinski definition) is 2. The van der Waals surface area contributed by atoms with Crippen LogP contribution >= 0.6 is 0 Å². The first-order valence-corrected chi connectivity index (χ1v) is 5.47. The molecule has 0 radical (unpaired) electrons. The molecule has 0 bridgehead atoms. The number of likely N-dealkylation sites (tertiary alicyclic amines) is 1. The zero-order valence-corrected chi connectivity index (χ0v) is 9.54. The average Bonchev–Trinajstić information content (AvgIpc) is 2.69. The van der Waals surface area contributed by atoms with Gasteiger partial charge < -0.3 is 10.2 Å². The van der Waals surface area contributed by atoms with Gasteiger partial charge >= 0.3 is 0 Å². The van der Waals surface area contributed by atoms with Crippen LogP contribution in [0.1, 0.15) is 16.8 Å². The Balaban J connectivity index is 2.09. The highest BCUT2D eigenvalue weighted by atomic mass is 19.3. The molecule has 17 heavy (non-hydrogen) atoms. The van der Waals surface area contributed by atoms with Gasteiger partial charge in [-0.3, -0.25) is 4.79 Å². The fraction of sp³-hybridized carbons (Fsp3) is 0.417. The van der Waals surface area contributed by atoms with Crippen molar-refractivity contribution in [2.75, 3.05) is 25.5 Å². The lowest BCUT2D eigenvalue weighted by Gasteiger charge is -2.16. The summed E-state index contributed by atoms with van der Waals surface area (Å²) >= 11 is 0. The number of nitrogens with one attached hydrogen (secondary N) is 1. The van der Waals surface area contributed by atoms with Crippen molar-refractivity contribution in [3.63, 3.8) is 0 Å². The monoisotopic (exact) mass is 240 g/mol. The van der Waals surface area contributed by atoms with E-state index in [9.17, 15) is 13.6 Å². The number of carbonyl (C=O) groups is 1. The zero-order valence-electron chi connectivity index (χ0n) is 9.54. The summed E-state index contributed by atoms with van der Waals surface area (Å²) in [5.41, 5.74) is 1.33. The van der Waals surface area contributed by atoms with E-state index in [1.165, 1.54) is 4.90 Å². The Bertz CT molecular complexity index is 417. The van der Waals surface area contributed by atoms with Gasteiger partial charge in [0, 0.05) is 31.3 Å². The minimum absolute atomic E-state index is 0.125. The first-order chi connectivity index (χ1) is 8.02. The third-order valence-electron chi connectivity index (χ3n) is 2.88. The van der Waals surface area contributed by atoms with E-state index in [2.05, 4.69) is 5.32 Å². The predicted molar refractivity (Wildman–Crippen MR) is 61.5 cm³/mol. The van der Waals surface area contributed by atoms with Crippen LogP contribution in [0.25, 0.3) is 0 Å². The van der Waals surface area contributed by atoms with E-state index >= 15 is 0 Å². The highest BCUT2D eigenvalue weighted by Crippen LogP contribution is 2.27. The Morgan fingerprint density at radius 1 is 1.35 bits per heavy atom. The Morgan fingerprint density at radius 3 is 2.47 bits per heavy atom. The first-order valence-electron chi connectivity index (χ1n) is 5.47. The van der Waals surface area contributed by atoms with Crippen LogP contribution in [-0.4, -0.2) is 36.9 Å². The third-order valence-corrected chi connectivity index (χ3v) is 2.88. The molecule has 5 heteroatoms. The smallest absolute Gasteiger partial charge is 0.267 e. The topological polar surface area (TPSA) is 32.3 Å². The van der Waals surface area contributed by atoms with E-state index in [0.29, 0.717) is 5.56 Å². The van der Waals surface area contributed by atoms with Gasteiger partial charge in [0.2, 0.25) is 0 Å². The van der Waals surface area contributed by atoms with Crippen molar-refractivity contribution in [3.05, 3.63) is 29.8 Å². The number of rotatable bonds is 2. The second kappa shape index (κ2) is 4.31. The highest BCUT2D eigenvalue weighted by Gasteiger charge is 2.40. The van der Waals surface area contributed by atoms with Gasteiger partial charge in [-0.1, -0.05) is 0 Å². The van der Waals surface area contributed by atoms with E-state index in [1.54, 1.807) is 31.3 Å². The number of hydrogen-bond donors (Lipinski definition) is 1. The van der Waals surface area contributed by atoms with Crippen LogP contribution in [0, 0.1) is 0 Å². The van der Waals surface area contributed by atoms with Gasteiger partial charge in [-0.15, -0.1) is 0 Å². The Morgan fingerprint density at radius 2 is 2.00 bits per heavy atom. The molecule has 1 N–H and O–H groups in total. The number of nitrogens with zero attached hydrogens (tertiary/aromatic N) is 1. The molecule has 2 rings (SSSR count). The molecule has 3 nitrogen and oxygen atoms in total. The molecule has 1 amide bonds. The second-order valence-corrected chi connectivity index (χ2v) is 4.16. The normalized spacial score (nSPS) is 18.2. The van der Waals surface area contributed by atoms with Crippen molar-refractivity contribution in [2.24, 2.45) is 0 Å².